The van der Waals surface area contributed by atoms with Gasteiger partial charge in [0.1, 0.15) is 25.0 Å². The molecular weight excluding hydrogens is 478 g/mol. The van der Waals surface area contributed by atoms with Crippen LogP contribution in [-0.4, -0.2) is 40.2 Å². The van der Waals surface area contributed by atoms with E-state index in [0.29, 0.717) is 23.6 Å². The molecule has 2 bridgehead atoms. The molecule has 1 amide bonds. The zero-order valence-electron chi connectivity index (χ0n) is 16.8. The van der Waals surface area contributed by atoms with E-state index in [2.05, 4.69) is 25.9 Å². The van der Waals surface area contributed by atoms with Gasteiger partial charge < -0.3 is 14.2 Å². The number of hydrogen-bond acceptors (Lipinski definition) is 6. The van der Waals surface area contributed by atoms with Crippen LogP contribution in [0.15, 0.2) is 76.3 Å². The maximum absolute atomic E-state index is 12.3. The third kappa shape index (κ3) is 4.21. The van der Waals surface area contributed by atoms with E-state index in [1.807, 2.05) is 6.07 Å². The van der Waals surface area contributed by atoms with Gasteiger partial charge in [0, 0.05) is 22.7 Å². The third-order valence-corrected chi connectivity index (χ3v) is 5.79. The van der Waals surface area contributed by atoms with E-state index < -0.39 is 12.1 Å². The molecule has 2 aliphatic heterocycles. The second kappa shape index (κ2) is 8.68. The van der Waals surface area contributed by atoms with E-state index in [1.165, 1.54) is 0 Å². The van der Waals surface area contributed by atoms with E-state index in [4.69, 9.17) is 14.2 Å². The molecule has 0 aliphatic carbocycles. The van der Waals surface area contributed by atoms with Crippen LogP contribution in [0.1, 0.15) is 33.4 Å². The van der Waals surface area contributed by atoms with Crippen molar-refractivity contribution in [2.45, 2.75) is 24.9 Å². The summed E-state index contributed by atoms with van der Waals surface area (Å²) in [6.45, 7) is 0.0638. The van der Waals surface area contributed by atoms with Crippen molar-refractivity contribution in [1.29, 1.82) is 0 Å². The molecule has 0 spiro atoms. The van der Waals surface area contributed by atoms with Crippen LogP contribution in [0.2, 0.25) is 0 Å². The van der Waals surface area contributed by atoms with Crippen molar-refractivity contribution >= 4 is 27.8 Å². The number of hydrogen-bond donors (Lipinski definition) is 0. The topological polar surface area (TPSA) is 92.0 Å². The Morgan fingerprint density at radius 3 is 2.66 bits per heavy atom. The van der Waals surface area contributed by atoms with Crippen LogP contribution in [-0.2, 0) is 9.47 Å². The molecule has 3 heterocycles. The average molecular weight is 496 g/mol. The number of carbonyl (C=O) groups excluding carboxylic acids is 2. The average Bonchev–Trinajstić information content (AvgIpc) is 3.14. The maximum Gasteiger partial charge on any atom is 0.338 e. The second-order valence-corrected chi connectivity index (χ2v) is 8.30. The van der Waals surface area contributed by atoms with Gasteiger partial charge in [0.2, 0.25) is 0 Å². The van der Waals surface area contributed by atoms with Gasteiger partial charge in [-0.1, -0.05) is 34.1 Å². The smallest absolute Gasteiger partial charge is 0.338 e. The zero-order chi connectivity index (χ0) is 22.1. The summed E-state index contributed by atoms with van der Waals surface area (Å²) >= 11 is 3.34. The molecule has 9 heteroatoms. The van der Waals surface area contributed by atoms with Crippen molar-refractivity contribution in [3.8, 4) is 6.01 Å². The predicted octanol–water partition coefficient (Wildman–Crippen LogP) is 3.29. The third-order valence-electron chi connectivity index (χ3n) is 5.26. The van der Waals surface area contributed by atoms with Gasteiger partial charge in [-0.15, -0.1) is 0 Å². The monoisotopic (exact) mass is 495 g/mol. The minimum absolute atomic E-state index is 0.0638. The first-order chi connectivity index (χ1) is 15.6. The number of halogens is 1. The summed E-state index contributed by atoms with van der Waals surface area (Å²) in [4.78, 5) is 33.1. The highest BCUT2D eigenvalue weighted by atomic mass is 79.9. The number of esters is 1. The molecule has 0 saturated carbocycles. The molecule has 0 radical (unpaired) electrons. The lowest BCUT2D eigenvalue weighted by atomic mass is 10.1. The first-order valence-electron chi connectivity index (χ1n) is 10.0. The Bertz CT molecular complexity index is 1230. The molecule has 1 aromatic heterocycles. The molecule has 2 aromatic carbocycles. The Kier molecular flexibility index (Phi) is 5.59. The fraction of sp³-hybridized carbons (Fsp3) is 0.217. The number of ether oxygens (including phenoxy) is 3. The van der Waals surface area contributed by atoms with Crippen molar-refractivity contribution in [2.75, 3.05) is 6.61 Å². The molecule has 3 aromatic rings. The molecule has 8 nitrogen and oxygen atoms in total. The van der Waals surface area contributed by atoms with Crippen molar-refractivity contribution < 1.29 is 23.8 Å². The summed E-state index contributed by atoms with van der Waals surface area (Å²) < 4.78 is 20.1. The molecule has 1 fully saturated rings. The Hall–Kier alpha value is -3.30. The molecule has 3 atom stereocenters. The number of rotatable bonds is 4. The van der Waals surface area contributed by atoms with Gasteiger partial charge in [-0.2, -0.15) is 9.98 Å². The van der Waals surface area contributed by atoms with Gasteiger partial charge >= 0.3 is 12.0 Å². The van der Waals surface area contributed by atoms with Gasteiger partial charge in [0.25, 0.3) is 5.91 Å². The van der Waals surface area contributed by atoms with Gasteiger partial charge in [-0.05, 0) is 42.5 Å². The Morgan fingerprint density at radius 1 is 1.09 bits per heavy atom. The van der Waals surface area contributed by atoms with Gasteiger partial charge in [-0.3, -0.25) is 9.36 Å². The van der Waals surface area contributed by atoms with Crippen LogP contribution in [0.5, 0.6) is 6.01 Å². The normalized spacial score (nSPS) is 21.5. The van der Waals surface area contributed by atoms with Crippen LogP contribution in [0.4, 0.5) is 0 Å². The number of aromatic nitrogens is 2. The number of nitrogens with zero attached hydrogens (tertiary/aromatic N) is 3. The highest BCUT2D eigenvalue weighted by Crippen LogP contribution is 2.37. The molecule has 162 valence electrons. The highest BCUT2D eigenvalue weighted by Gasteiger charge is 2.43. The van der Waals surface area contributed by atoms with Crippen molar-refractivity contribution in [2.24, 2.45) is 4.99 Å². The number of amides is 1. The fourth-order valence-electron chi connectivity index (χ4n) is 3.63. The first kappa shape index (κ1) is 20.6. The molecule has 5 rings (SSSR count). The van der Waals surface area contributed by atoms with Crippen LogP contribution >= 0.6 is 15.9 Å². The number of benzene rings is 2. The van der Waals surface area contributed by atoms with Crippen molar-refractivity contribution in [1.82, 2.24) is 9.55 Å². The standard InChI is InChI=1S/C23H18BrN3O5/c24-16-8-6-15(7-9-16)22(29)30-13-18-17-12-20(31-18)27-11-10-19(26-23(27)32-17)25-21(28)14-4-2-1-3-5-14/h1-11,17-18,20H,12-13H2/t17-,18-,20-/m1/s1. The van der Waals surface area contributed by atoms with Gasteiger partial charge in [0.15, 0.2) is 5.49 Å². The van der Waals surface area contributed by atoms with Gasteiger partial charge in [0.05, 0.1) is 5.56 Å². The van der Waals surface area contributed by atoms with Crippen molar-refractivity contribution in [3.05, 3.63) is 87.9 Å². The largest absolute Gasteiger partial charge is 0.459 e. The highest BCUT2D eigenvalue weighted by molar-refractivity contribution is 9.10. The Labute approximate surface area is 191 Å². The number of fused-ring (bicyclic) bond motifs is 4. The summed E-state index contributed by atoms with van der Waals surface area (Å²) in [6, 6.07) is 17.7. The predicted molar refractivity (Wildman–Crippen MR) is 116 cm³/mol. The zero-order valence-corrected chi connectivity index (χ0v) is 18.3. The lowest BCUT2D eigenvalue weighted by Gasteiger charge is -2.23. The lowest BCUT2D eigenvalue weighted by Crippen LogP contribution is -2.34. The van der Waals surface area contributed by atoms with Crippen LogP contribution in [0.3, 0.4) is 0 Å². The van der Waals surface area contributed by atoms with E-state index in [0.717, 1.165) is 4.47 Å². The fourth-order valence-corrected chi connectivity index (χ4v) is 3.89. The van der Waals surface area contributed by atoms with Crippen molar-refractivity contribution in [3.63, 3.8) is 0 Å². The summed E-state index contributed by atoms with van der Waals surface area (Å²) in [5.41, 5.74) is 1.20. The SMILES string of the molecule is O=C(N=c1ccn2c(n1)O[C@@H]1C[C@H]2O[C@@H]1COC(=O)c1ccc(Br)cc1)c1ccccc1. The summed E-state index contributed by atoms with van der Waals surface area (Å²) in [5, 5.41) is 0. The minimum atomic E-state index is -0.425. The molecule has 2 aliphatic rings. The van der Waals surface area contributed by atoms with E-state index >= 15 is 0 Å². The van der Waals surface area contributed by atoms with Gasteiger partial charge in [-0.25, -0.2) is 4.79 Å². The molecular formula is C23H18BrN3O5. The summed E-state index contributed by atoms with van der Waals surface area (Å²) in [5.74, 6) is -0.804. The van der Waals surface area contributed by atoms with Crippen LogP contribution in [0, 0.1) is 0 Å². The molecule has 0 N–H and O–H groups in total. The molecule has 32 heavy (non-hydrogen) atoms. The van der Waals surface area contributed by atoms with Crippen LogP contribution < -0.4 is 10.2 Å². The second-order valence-electron chi connectivity index (χ2n) is 7.39. The Balaban J connectivity index is 1.27. The Morgan fingerprint density at radius 2 is 1.88 bits per heavy atom. The quantitative estimate of drug-likeness (QED) is 0.515. The van der Waals surface area contributed by atoms with E-state index in [9.17, 15) is 9.59 Å². The summed E-state index contributed by atoms with van der Waals surface area (Å²) in [6.07, 6.45) is 1.32. The lowest BCUT2D eigenvalue weighted by molar-refractivity contribution is -0.0351. The summed E-state index contributed by atoms with van der Waals surface area (Å²) in [7, 11) is 0. The van der Waals surface area contributed by atoms with E-state index in [1.54, 1.807) is 65.4 Å². The molecule has 0 unspecified atom stereocenters. The van der Waals surface area contributed by atoms with Crippen LogP contribution in [0.25, 0.3) is 0 Å². The van der Waals surface area contributed by atoms with E-state index in [-0.39, 0.29) is 30.3 Å². The molecule has 1 saturated heterocycles. The minimum Gasteiger partial charge on any atom is -0.459 e. The first-order valence-corrected chi connectivity index (χ1v) is 10.8. The maximum atomic E-state index is 12.3. The number of carbonyl (C=O) groups is 2.